The third-order valence-corrected chi connectivity index (χ3v) is 5.12. The van der Waals surface area contributed by atoms with E-state index in [1.165, 1.54) is 0 Å². The lowest BCUT2D eigenvalue weighted by molar-refractivity contribution is 0.282. The molecule has 0 aliphatic rings. The molecule has 3 rings (SSSR count). The molecule has 1 aromatic heterocycles. The van der Waals surface area contributed by atoms with Gasteiger partial charge in [0, 0.05) is 11.4 Å². The fourth-order valence-corrected chi connectivity index (χ4v) is 3.58. The molecular formula is C18H18N2O3S. The van der Waals surface area contributed by atoms with Gasteiger partial charge in [-0.3, -0.25) is 4.72 Å². The maximum absolute atomic E-state index is 12.5. The molecule has 0 bridgehead atoms. The van der Waals surface area contributed by atoms with Crippen molar-refractivity contribution in [3.8, 4) is 5.69 Å². The lowest BCUT2D eigenvalue weighted by Crippen LogP contribution is -2.15. The van der Waals surface area contributed by atoms with E-state index in [4.69, 9.17) is 5.11 Å². The monoisotopic (exact) mass is 342 g/mol. The van der Waals surface area contributed by atoms with Crippen LogP contribution in [0.1, 0.15) is 11.3 Å². The van der Waals surface area contributed by atoms with Gasteiger partial charge in [-0.25, -0.2) is 8.42 Å². The number of sulfonamides is 1. The zero-order chi connectivity index (χ0) is 17.2. The first-order chi connectivity index (χ1) is 11.5. The van der Waals surface area contributed by atoms with Gasteiger partial charge in [-0.2, -0.15) is 0 Å². The predicted molar refractivity (Wildman–Crippen MR) is 93.7 cm³/mol. The summed E-state index contributed by atoms with van der Waals surface area (Å²) >= 11 is 0. The zero-order valence-corrected chi connectivity index (χ0v) is 14.0. The lowest BCUT2D eigenvalue weighted by Gasteiger charge is -2.14. The molecule has 0 fully saturated rings. The first-order valence-electron chi connectivity index (χ1n) is 7.47. The molecule has 0 spiro atoms. The average molecular weight is 342 g/mol. The Hall–Kier alpha value is -2.57. The van der Waals surface area contributed by atoms with Crippen molar-refractivity contribution in [2.24, 2.45) is 0 Å². The topological polar surface area (TPSA) is 71.3 Å². The summed E-state index contributed by atoms with van der Waals surface area (Å²) < 4.78 is 29.5. The van der Waals surface area contributed by atoms with E-state index in [9.17, 15) is 8.42 Å². The van der Waals surface area contributed by atoms with E-state index in [0.717, 1.165) is 16.9 Å². The number of aryl methyl sites for hydroxylation is 1. The highest BCUT2D eigenvalue weighted by molar-refractivity contribution is 7.92. The molecule has 6 heteroatoms. The van der Waals surface area contributed by atoms with Gasteiger partial charge in [-0.15, -0.1) is 0 Å². The minimum Gasteiger partial charge on any atom is -0.392 e. The number of nitrogens with zero attached hydrogens (tertiary/aromatic N) is 1. The van der Waals surface area contributed by atoms with Gasteiger partial charge in [0.15, 0.2) is 0 Å². The lowest BCUT2D eigenvalue weighted by atomic mass is 10.2. The minimum atomic E-state index is -3.65. The van der Waals surface area contributed by atoms with Crippen LogP contribution in [0, 0.1) is 6.92 Å². The van der Waals surface area contributed by atoms with Crippen molar-refractivity contribution in [3.63, 3.8) is 0 Å². The molecule has 0 saturated carbocycles. The summed E-state index contributed by atoms with van der Waals surface area (Å²) in [5.74, 6) is 0.466. The molecule has 124 valence electrons. The predicted octanol–water partition coefficient (Wildman–Crippen LogP) is 3.08. The second-order valence-electron chi connectivity index (χ2n) is 5.44. The normalized spacial score (nSPS) is 11.4. The molecular weight excluding hydrogens is 324 g/mol. The zero-order valence-electron chi connectivity index (χ0n) is 13.2. The molecule has 0 unspecified atom stereocenters. The van der Waals surface area contributed by atoms with Crippen LogP contribution in [-0.2, 0) is 16.6 Å². The highest BCUT2D eigenvalue weighted by atomic mass is 32.2. The van der Waals surface area contributed by atoms with Gasteiger partial charge >= 0.3 is 0 Å². The third kappa shape index (κ3) is 3.20. The van der Waals surface area contributed by atoms with Crippen molar-refractivity contribution < 1.29 is 13.5 Å². The summed E-state index contributed by atoms with van der Waals surface area (Å²) in [5, 5.41) is 9.15. The van der Waals surface area contributed by atoms with Crippen molar-refractivity contribution in [1.82, 2.24) is 4.57 Å². The summed E-state index contributed by atoms with van der Waals surface area (Å²) in [7, 11) is -3.65. The molecule has 1 heterocycles. The SMILES string of the molecule is Cc1ccc(NS(=O)(=O)c2ccccc2)n1-c1ccc(CO)cc1. The second kappa shape index (κ2) is 6.51. The van der Waals surface area contributed by atoms with E-state index in [1.807, 2.05) is 41.8 Å². The van der Waals surface area contributed by atoms with Crippen molar-refractivity contribution in [2.75, 3.05) is 4.72 Å². The third-order valence-electron chi connectivity index (χ3n) is 3.75. The van der Waals surface area contributed by atoms with E-state index in [-0.39, 0.29) is 11.5 Å². The number of rotatable bonds is 5. The van der Waals surface area contributed by atoms with Crippen molar-refractivity contribution in [3.05, 3.63) is 78.0 Å². The average Bonchev–Trinajstić information content (AvgIpc) is 2.95. The smallest absolute Gasteiger partial charge is 0.263 e. The number of nitrogens with one attached hydrogen (secondary N) is 1. The number of anilines is 1. The molecule has 0 saturated heterocycles. The molecule has 0 aliphatic carbocycles. The van der Waals surface area contributed by atoms with Crippen LogP contribution in [0.4, 0.5) is 5.82 Å². The molecule has 0 amide bonds. The van der Waals surface area contributed by atoms with Crippen molar-refractivity contribution in [2.45, 2.75) is 18.4 Å². The Kier molecular flexibility index (Phi) is 4.42. The van der Waals surface area contributed by atoms with Crippen molar-refractivity contribution in [1.29, 1.82) is 0 Å². The molecule has 2 N–H and O–H groups in total. The Morgan fingerprint density at radius 3 is 2.25 bits per heavy atom. The van der Waals surface area contributed by atoms with E-state index in [1.54, 1.807) is 36.4 Å². The minimum absolute atomic E-state index is 0.0293. The summed E-state index contributed by atoms with van der Waals surface area (Å²) in [5.41, 5.74) is 2.52. The standard InChI is InChI=1S/C18H18N2O3S/c1-14-7-12-18(19-24(22,23)17-5-3-2-4-6-17)20(14)16-10-8-15(13-21)9-11-16/h2-12,19,21H,13H2,1H3. The van der Waals surface area contributed by atoms with Gasteiger partial charge in [0.05, 0.1) is 11.5 Å². The summed E-state index contributed by atoms with van der Waals surface area (Å²) in [6.07, 6.45) is 0. The number of hydrogen-bond acceptors (Lipinski definition) is 3. The Morgan fingerprint density at radius 1 is 0.958 bits per heavy atom. The quantitative estimate of drug-likeness (QED) is 0.748. The van der Waals surface area contributed by atoms with Crippen LogP contribution < -0.4 is 4.72 Å². The molecule has 0 radical (unpaired) electrons. The van der Waals surface area contributed by atoms with Crippen LogP contribution in [0.25, 0.3) is 5.69 Å². The van der Waals surface area contributed by atoms with Crippen LogP contribution in [0.15, 0.2) is 71.6 Å². The highest BCUT2D eigenvalue weighted by Crippen LogP contribution is 2.24. The van der Waals surface area contributed by atoms with E-state index in [0.29, 0.717) is 5.82 Å². The Labute approximate surface area is 141 Å². The fourth-order valence-electron chi connectivity index (χ4n) is 2.51. The van der Waals surface area contributed by atoms with Crippen LogP contribution in [0.2, 0.25) is 0 Å². The Bertz CT molecular complexity index is 930. The van der Waals surface area contributed by atoms with Crippen molar-refractivity contribution >= 4 is 15.8 Å². The molecule has 0 aliphatic heterocycles. The highest BCUT2D eigenvalue weighted by Gasteiger charge is 2.17. The van der Waals surface area contributed by atoms with E-state index in [2.05, 4.69) is 4.72 Å². The maximum atomic E-state index is 12.5. The molecule has 24 heavy (non-hydrogen) atoms. The number of aliphatic hydroxyl groups is 1. The number of hydrogen-bond donors (Lipinski definition) is 2. The van der Waals surface area contributed by atoms with Crippen LogP contribution >= 0.6 is 0 Å². The first-order valence-corrected chi connectivity index (χ1v) is 8.96. The Morgan fingerprint density at radius 2 is 1.62 bits per heavy atom. The van der Waals surface area contributed by atoms with Gasteiger partial charge in [0.25, 0.3) is 10.0 Å². The van der Waals surface area contributed by atoms with Gasteiger partial charge in [0.2, 0.25) is 0 Å². The maximum Gasteiger partial charge on any atom is 0.263 e. The first kappa shape index (κ1) is 16.3. The van der Waals surface area contributed by atoms with Gasteiger partial charge in [-0.1, -0.05) is 30.3 Å². The largest absolute Gasteiger partial charge is 0.392 e. The summed E-state index contributed by atoms with van der Waals surface area (Å²) in [4.78, 5) is 0.214. The number of aromatic nitrogens is 1. The molecule has 3 aromatic rings. The molecule has 2 aromatic carbocycles. The number of aliphatic hydroxyl groups excluding tert-OH is 1. The van der Waals surface area contributed by atoms with Gasteiger partial charge in [-0.05, 0) is 48.9 Å². The van der Waals surface area contributed by atoms with Crippen LogP contribution in [0.3, 0.4) is 0 Å². The molecule has 0 atom stereocenters. The van der Waals surface area contributed by atoms with Gasteiger partial charge < -0.3 is 9.67 Å². The van der Waals surface area contributed by atoms with Gasteiger partial charge in [0.1, 0.15) is 5.82 Å². The number of benzene rings is 2. The summed E-state index contributed by atoms with van der Waals surface area (Å²) in [6.45, 7) is 1.87. The summed E-state index contributed by atoms with van der Waals surface area (Å²) in [6, 6.07) is 19.1. The Balaban J connectivity index is 1.98. The fraction of sp³-hybridized carbons (Fsp3) is 0.111. The van der Waals surface area contributed by atoms with Crippen LogP contribution in [0.5, 0.6) is 0 Å². The molecule has 5 nitrogen and oxygen atoms in total. The van der Waals surface area contributed by atoms with E-state index >= 15 is 0 Å². The second-order valence-corrected chi connectivity index (χ2v) is 7.12. The van der Waals surface area contributed by atoms with Crippen LogP contribution in [-0.4, -0.2) is 18.1 Å². The van der Waals surface area contributed by atoms with E-state index < -0.39 is 10.0 Å².